The van der Waals surface area contributed by atoms with Gasteiger partial charge in [0.25, 0.3) is 0 Å². The zero-order chi connectivity index (χ0) is 73.7. The van der Waals surface area contributed by atoms with Crippen LogP contribution in [0.1, 0.15) is 123 Å². The van der Waals surface area contributed by atoms with Crippen LogP contribution in [0.2, 0.25) is 0 Å². The van der Waals surface area contributed by atoms with Gasteiger partial charge in [0, 0.05) is 124 Å². The van der Waals surface area contributed by atoms with Gasteiger partial charge in [-0.15, -0.1) is 0 Å². The van der Waals surface area contributed by atoms with Gasteiger partial charge in [0.1, 0.15) is 42.3 Å². The fourth-order valence-corrected chi connectivity index (χ4v) is 13.6. The molecule has 6 aromatic heterocycles. The smallest absolute Gasteiger partial charge is 0.201 e. The van der Waals surface area contributed by atoms with Gasteiger partial charge in [-0.05, 0) is 253 Å². The van der Waals surface area contributed by atoms with E-state index >= 15 is 0 Å². The summed E-state index contributed by atoms with van der Waals surface area (Å²) in [5.74, 6) is 0. The Kier molecular flexibility index (Phi) is 26.6. The van der Waals surface area contributed by atoms with Gasteiger partial charge in [0.15, 0.2) is 35.7 Å². The lowest BCUT2D eigenvalue weighted by atomic mass is 9.96. The number of nitrogens with zero attached hydrogens (tertiary/aromatic N) is 6. The minimum Gasteiger partial charge on any atom is -0.201 e. The lowest BCUT2D eigenvalue weighted by molar-refractivity contribution is -0.667. The molecule has 0 bridgehead atoms. The largest absolute Gasteiger partial charge is 0.215 e. The number of pyridine rings is 6. The molecular weight excluding hydrogens is 1210 g/mol. The number of aromatic nitrogens is 6. The highest BCUT2D eigenvalue weighted by Gasteiger charge is 2.24. The molecule has 6 aromatic carbocycles. The van der Waals surface area contributed by atoms with E-state index in [0.717, 1.165) is 0 Å². The first-order valence-corrected chi connectivity index (χ1v) is 35.4. The molecule has 100 heavy (non-hydrogen) atoms. The van der Waals surface area contributed by atoms with Crippen molar-refractivity contribution >= 4 is 0 Å². The Labute approximate surface area is 603 Å². The topological polar surface area (TPSA) is 23.3 Å². The van der Waals surface area contributed by atoms with E-state index < -0.39 is 0 Å². The zero-order valence-electron chi connectivity index (χ0n) is 66.2. The van der Waals surface area contributed by atoms with Gasteiger partial charge in [-0.2, -0.15) is 13.7 Å². The first kappa shape index (κ1) is 77.6. The van der Waals surface area contributed by atoms with E-state index in [2.05, 4.69) is 417 Å². The van der Waals surface area contributed by atoms with Crippen molar-refractivity contribution < 1.29 is 27.4 Å². The van der Waals surface area contributed by atoms with E-state index in [1.165, 1.54) is 190 Å². The molecule has 0 aliphatic heterocycles. The van der Waals surface area contributed by atoms with Crippen molar-refractivity contribution in [3.63, 3.8) is 0 Å². The molecular formula is C94H116N6+6. The third kappa shape index (κ3) is 18.0. The van der Waals surface area contributed by atoms with Crippen LogP contribution in [-0.2, 0) is 42.3 Å². The van der Waals surface area contributed by atoms with E-state index in [0.29, 0.717) is 0 Å². The Bertz CT molecular complexity index is 4790. The van der Waals surface area contributed by atoms with Crippen molar-refractivity contribution in [1.29, 1.82) is 0 Å². The van der Waals surface area contributed by atoms with Gasteiger partial charge in [-0.3, -0.25) is 0 Å². The second-order valence-corrected chi connectivity index (χ2v) is 28.1. The molecule has 12 rings (SSSR count). The average molecular weight is 1330 g/mol. The van der Waals surface area contributed by atoms with Crippen LogP contribution in [-0.4, -0.2) is 0 Å². The van der Waals surface area contributed by atoms with Crippen LogP contribution in [0.15, 0.2) is 195 Å². The number of hydrogen-bond donors (Lipinski definition) is 0. The van der Waals surface area contributed by atoms with Gasteiger partial charge in [-0.1, -0.05) is 90.5 Å². The van der Waals surface area contributed by atoms with Gasteiger partial charge in [0.2, 0.25) is 34.2 Å². The van der Waals surface area contributed by atoms with Crippen molar-refractivity contribution in [2.45, 2.75) is 152 Å². The van der Waals surface area contributed by atoms with Crippen LogP contribution < -0.4 is 27.4 Å². The average Bonchev–Trinajstić information content (AvgIpc) is 0.797. The van der Waals surface area contributed by atoms with E-state index in [1.807, 2.05) is 0 Å². The molecule has 0 unspecified atom stereocenters. The molecule has 0 spiro atoms. The molecule has 6 nitrogen and oxygen atoms in total. The fourth-order valence-electron chi connectivity index (χ4n) is 13.6. The molecule has 0 fully saturated rings. The highest BCUT2D eigenvalue weighted by atomic mass is 15.0. The Hall–Kier alpha value is -9.78. The molecule has 0 aliphatic carbocycles. The molecule has 0 atom stereocenters. The van der Waals surface area contributed by atoms with E-state index in [9.17, 15) is 0 Å². The van der Waals surface area contributed by atoms with Crippen LogP contribution in [0.3, 0.4) is 0 Å². The first-order valence-electron chi connectivity index (χ1n) is 35.4. The summed E-state index contributed by atoms with van der Waals surface area (Å²) in [5.41, 5.74) is 45.5. The van der Waals surface area contributed by atoms with Gasteiger partial charge >= 0.3 is 0 Å². The van der Waals surface area contributed by atoms with Crippen molar-refractivity contribution in [3.8, 4) is 67.5 Å². The highest BCUT2D eigenvalue weighted by molar-refractivity contribution is 5.69. The van der Waals surface area contributed by atoms with Gasteiger partial charge < -0.3 is 0 Å². The number of rotatable bonds is 6. The Morgan fingerprint density at radius 3 is 1.16 bits per heavy atom. The predicted octanol–water partition coefficient (Wildman–Crippen LogP) is 19.9. The molecule has 0 aliphatic rings. The zero-order valence-corrected chi connectivity index (χ0v) is 66.2. The summed E-state index contributed by atoms with van der Waals surface area (Å²) in [7, 11) is 12.7. The summed E-state index contributed by atoms with van der Waals surface area (Å²) in [5, 5.41) is 0. The molecule has 516 valence electrons. The van der Waals surface area contributed by atoms with Crippen molar-refractivity contribution in [2.75, 3.05) is 0 Å². The summed E-state index contributed by atoms with van der Waals surface area (Å²) < 4.78 is 13.4. The molecule has 6 heterocycles. The molecule has 0 radical (unpaired) electrons. The number of benzene rings is 6. The third-order valence-electron chi connectivity index (χ3n) is 21.2. The summed E-state index contributed by atoms with van der Waals surface area (Å²) in [6, 6.07) is 62.6. The second kappa shape index (κ2) is 34.3. The van der Waals surface area contributed by atoms with Crippen LogP contribution in [0.25, 0.3) is 67.5 Å². The van der Waals surface area contributed by atoms with Crippen molar-refractivity contribution in [2.24, 2.45) is 42.3 Å². The summed E-state index contributed by atoms with van der Waals surface area (Å²) >= 11 is 0. The molecule has 0 amide bonds. The Balaban J connectivity index is 0.000000169. The lowest BCUT2D eigenvalue weighted by Gasteiger charge is -2.10. The minimum atomic E-state index is 1.27. The molecule has 0 saturated heterocycles. The standard InChI is InChI=1S/4C16H20N.2C15H18N/c1-11-8-6-7-9-15(11)16-14(4)13(3)12(2)10-17(16)5;1-11-8-6-7-9-15(11)16-10-12(2)13(3)14(4)17(16)5;1-11-8-6-7-9-15(11)16-14(4)12(2)10-13(3)17(16)5;1-11-8-6-7-9-15(11)16-13(3)10-12(2)14(4)17(16)5;1-11-8-9-14(13(3)12(11)2)15-7-5-6-10-16(15)4;1-11-9-12(2)13(3)14(10-11)15-7-5-6-8-16(15)4/h4*6-10H,1-5H3;2*5-10H,1-4H3/q6*+1. The molecule has 12 aromatic rings. The summed E-state index contributed by atoms with van der Waals surface area (Å²) in [4.78, 5) is 0. The predicted molar refractivity (Wildman–Crippen MR) is 423 cm³/mol. The van der Waals surface area contributed by atoms with Crippen LogP contribution >= 0.6 is 0 Å². The second-order valence-electron chi connectivity index (χ2n) is 28.1. The molecule has 6 heteroatoms. The van der Waals surface area contributed by atoms with Gasteiger partial charge in [0.05, 0.1) is 0 Å². The Morgan fingerprint density at radius 2 is 0.650 bits per heavy atom. The molecule has 0 N–H and O–H groups in total. The highest BCUT2D eigenvalue weighted by Crippen LogP contribution is 2.31. The van der Waals surface area contributed by atoms with E-state index in [1.54, 1.807) is 0 Å². The van der Waals surface area contributed by atoms with Crippen LogP contribution in [0.4, 0.5) is 0 Å². The maximum absolute atomic E-state index is 2.30. The first-order chi connectivity index (χ1) is 47.3. The lowest BCUT2D eigenvalue weighted by Crippen LogP contribution is -2.36. The fraction of sp³-hybridized carbons (Fsp3) is 0.298. The van der Waals surface area contributed by atoms with Gasteiger partial charge in [-0.25, -0.2) is 13.7 Å². The van der Waals surface area contributed by atoms with Crippen molar-refractivity contribution in [1.82, 2.24) is 0 Å². The summed E-state index contributed by atoms with van der Waals surface area (Å²) in [6.45, 7) is 48.0. The monoisotopic (exact) mass is 1330 g/mol. The normalized spacial score (nSPS) is 10.6. The van der Waals surface area contributed by atoms with Crippen molar-refractivity contribution in [3.05, 3.63) is 317 Å². The maximum atomic E-state index is 2.30. The van der Waals surface area contributed by atoms with E-state index in [4.69, 9.17) is 0 Å². The SMILES string of the molecule is Cc1cc(C)c(C)c(-c2cccc[n+]2C)c1.Cc1ccc(-c2cccc[n+]2C)c(C)c1C.Cc1ccccc1-c1c(C)c(C)c(C)c[n+]1C.Cc1ccccc1-c1c(C)c(C)cc(C)[n+]1C.Cc1ccccc1-c1c(C)cc(C)c(C)[n+]1C.Cc1ccccc1-c1cc(C)c(C)c(C)[n+]1C. The number of hydrogen-bond acceptors (Lipinski definition) is 0. The third-order valence-corrected chi connectivity index (χ3v) is 21.2. The van der Waals surface area contributed by atoms with Crippen LogP contribution in [0.5, 0.6) is 0 Å². The summed E-state index contributed by atoms with van der Waals surface area (Å²) in [6.07, 6.45) is 6.39. The Morgan fingerprint density at radius 1 is 0.210 bits per heavy atom. The van der Waals surface area contributed by atoms with Crippen LogP contribution in [0, 0.1) is 152 Å². The minimum absolute atomic E-state index is 1.27. The quantitative estimate of drug-likeness (QED) is 0.148. The molecule has 0 saturated carbocycles. The number of aryl methyl sites for hydroxylation is 16. The maximum Gasteiger partial charge on any atom is 0.215 e. The van der Waals surface area contributed by atoms with E-state index in [-0.39, 0.29) is 0 Å².